The topological polar surface area (TPSA) is 109 Å². The predicted molar refractivity (Wildman–Crippen MR) is 183 cm³/mol. The molecule has 3 aromatic carbocycles. The van der Waals surface area contributed by atoms with Crippen LogP contribution in [0.3, 0.4) is 0 Å². The number of nitrogens with zero attached hydrogens (tertiary/aromatic N) is 3. The lowest BCUT2D eigenvalue weighted by Crippen LogP contribution is -2.49. The second-order valence-corrected chi connectivity index (χ2v) is 14.4. The molecule has 0 unspecified atom stereocenters. The predicted octanol–water partition coefficient (Wildman–Crippen LogP) is 4.06. The van der Waals surface area contributed by atoms with E-state index < -0.39 is 16.3 Å². The fourth-order valence-corrected chi connectivity index (χ4v) is 7.38. The molecule has 46 heavy (non-hydrogen) atoms. The summed E-state index contributed by atoms with van der Waals surface area (Å²) in [5.74, 6) is 0.493. The van der Waals surface area contributed by atoms with Crippen LogP contribution in [0.5, 0.6) is 5.75 Å². The van der Waals surface area contributed by atoms with Gasteiger partial charge in [0.15, 0.2) is 5.76 Å². The second-order valence-electron chi connectivity index (χ2n) is 11.2. The number of aliphatic hydroxyl groups excluding tert-OH is 1. The van der Waals surface area contributed by atoms with Crippen molar-refractivity contribution in [1.82, 2.24) is 14.1 Å². The van der Waals surface area contributed by atoms with Gasteiger partial charge in [-0.25, -0.2) is 8.42 Å². The van der Waals surface area contributed by atoms with E-state index in [9.17, 15) is 18.3 Å². The van der Waals surface area contributed by atoms with Crippen LogP contribution < -0.4 is 4.74 Å². The van der Waals surface area contributed by atoms with Crippen LogP contribution in [0, 0.1) is 3.57 Å². The highest BCUT2D eigenvalue weighted by Gasteiger charge is 2.33. The molecule has 10 nitrogen and oxygen atoms in total. The molecule has 2 atom stereocenters. The van der Waals surface area contributed by atoms with Crippen LogP contribution in [-0.2, 0) is 30.8 Å². The molecule has 2 heterocycles. The summed E-state index contributed by atoms with van der Waals surface area (Å²) >= 11 is 2.26. The monoisotopic (exact) mass is 761 g/mol. The molecule has 0 aromatic heterocycles. The van der Waals surface area contributed by atoms with E-state index in [4.69, 9.17) is 14.2 Å². The Balaban J connectivity index is 1.24. The summed E-state index contributed by atoms with van der Waals surface area (Å²) in [6.45, 7) is 3.12. The van der Waals surface area contributed by atoms with E-state index >= 15 is 0 Å². The molecule has 1 amide bonds. The second kappa shape index (κ2) is 16.2. The smallest absolute Gasteiger partial charge is 0.288 e. The van der Waals surface area contributed by atoms with Crippen LogP contribution >= 0.6 is 22.6 Å². The first-order valence-electron chi connectivity index (χ1n) is 15.3. The van der Waals surface area contributed by atoms with Gasteiger partial charge in [-0.15, -0.1) is 0 Å². The number of hydrogen-bond donors (Lipinski definition) is 1. The maximum atomic E-state index is 13.7. The molecule has 5 rings (SSSR count). The summed E-state index contributed by atoms with van der Waals surface area (Å²) in [6.07, 6.45) is 1.59. The highest BCUT2D eigenvalue weighted by molar-refractivity contribution is 14.1. The molecule has 1 fully saturated rings. The molecular weight excluding hydrogens is 721 g/mol. The van der Waals surface area contributed by atoms with Crippen LogP contribution in [0.2, 0.25) is 0 Å². The van der Waals surface area contributed by atoms with Gasteiger partial charge in [0.25, 0.3) is 5.91 Å². The number of methoxy groups -OCH3 is 1. The van der Waals surface area contributed by atoms with Crippen molar-refractivity contribution in [1.29, 1.82) is 0 Å². The van der Waals surface area contributed by atoms with E-state index in [1.54, 1.807) is 12.1 Å². The first kappa shape index (κ1) is 34.3. The molecule has 0 aliphatic carbocycles. The number of piperazine rings is 1. The van der Waals surface area contributed by atoms with Gasteiger partial charge in [0, 0.05) is 61.7 Å². The number of carbonyl (C=O) groups excluding carboxylic acids is 1. The summed E-state index contributed by atoms with van der Waals surface area (Å²) in [6, 6.07) is 24.5. The summed E-state index contributed by atoms with van der Waals surface area (Å²) in [5.41, 5.74) is 2.29. The highest BCUT2D eigenvalue weighted by atomic mass is 127. The molecule has 12 heteroatoms. The molecule has 0 bridgehead atoms. The molecular formula is C34H40IN3O7S. The first-order chi connectivity index (χ1) is 22.3. The zero-order valence-corrected chi connectivity index (χ0v) is 28.8. The zero-order chi connectivity index (χ0) is 32.5. The Morgan fingerprint density at radius 2 is 1.67 bits per heavy atom. The van der Waals surface area contributed by atoms with E-state index in [1.807, 2.05) is 53.4 Å². The van der Waals surface area contributed by atoms with Crippen LogP contribution in [0.25, 0.3) is 0 Å². The Bertz CT molecular complexity index is 1560. The van der Waals surface area contributed by atoms with Crippen molar-refractivity contribution in [2.24, 2.45) is 0 Å². The third kappa shape index (κ3) is 8.87. The van der Waals surface area contributed by atoms with Gasteiger partial charge in [-0.1, -0.05) is 42.5 Å². The van der Waals surface area contributed by atoms with Crippen molar-refractivity contribution in [2.45, 2.75) is 30.1 Å². The van der Waals surface area contributed by atoms with Crippen LogP contribution in [0.1, 0.15) is 23.5 Å². The van der Waals surface area contributed by atoms with Crippen LogP contribution in [-0.4, -0.2) is 99.4 Å². The SMILES string of the molecule is COc1ccc(S(=O)(=O)N(CCO)CCO[C@@H]2C[C@H](c3ccc(I)cc3)C=C(C(=O)N3CCN(Cc4ccccc4)CC3)O2)cc1. The first-order valence-corrected chi connectivity index (χ1v) is 17.8. The number of hydrogen-bond acceptors (Lipinski definition) is 8. The van der Waals surface area contributed by atoms with Crippen LogP contribution in [0.15, 0.2) is 95.6 Å². The molecule has 246 valence electrons. The van der Waals surface area contributed by atoms with Crippen molar-refractivity contribution >= 4 is 38.5 Å². The average Bonchev–Trinajstić information content (AvgIpc) is 3.08. The van der Waals surface area contributed by atoms with Gasteiger partial charge in [-0.05, 0) is 76.2 Å². The van der Waals surface area contributed by atoms with Gasteiger partial charge in [-0.3, -0.25) is 9.69 Å². The Morgan fingerprint density at radius 1 is 0.978 bits per heavy atom. The lowest BCUT2D eigenvalue weighted by molar-refractivity contribution is -0.154. The Kier molecular flexibility index (Phi) is 12.1. The minimum atomic E-state index is -3.89. The molecule has 0 spiro atoms. The summed E-state index contributed by atoms with van der Waals surface area (Å²) in [5, 5.41) is 9.62. The number of sulfonamides is 1. The molecule has 0 radical (unpaired) electrons. The van der Waals surface area contributed by atoms with Crippen molar-refractivity contribution in [3.05, 3.63) is 105 Å². The maximum absolute atomic E-state index is 13.7. The van der Waals surface area contributed by atoms with E-state index in [2.05, 4.69) is 39.6 Å². The fraction of sp³-hybridized carbons (Fsp3) is 0.382. The van der Waals surface area contributed by atoms with Crippen molar-refractivity contribution < 1.29 is 32.5 Å². The summed E-state index contributed by atoms with van der Waals surface area (Å²) in [4.78, 5) is 18.0. The number of aliphatic hydroxyl groups is 1. The largest absolute Gasteiger partial charge is 0.497 e. The van der Waals surface area contributed by atoms with Gasteiger partial charge in [-0.2, -0.15) is 4.31 Å². The Morgan fingerprint density at radius 3 is 2.33 bits per heavy atom. The maximum Gasteiger partial charge on any atom is 0.288 e. The molecule has 3 aromatic rings. The standard InChI is InChI=1S/C34H40IN3O7S/c1-43-30-11-13-31(14-12-30)46(41,42)38(19-21-39)20-22-44-33-24-28(27-7-9-29(35)10-8-27)23-32(45-33)34(40)37-17-15-36(16-18-37)25-26-5-3-2-4-6-26/h2-14,23,28,33,39H,15-22,24-25H2,1H3/t28-,33+/m1/s1. The fourth-order valence-electron chi connectivity index (χ4n) is 5.61. The summed E-state index contributed by atoms with van der Waals surface area (Å²) < 4.78 is 46.3. The van der Waals surface area contributed by atoms with Gasteiger partial charge in [0.05, 0.1) is 25.2 Å². The lowest BCUT2D eigenvalue weighted by Gasteiger charge is -2.36. The lowest BCUT2D eigenvalue weighted by atomic mass is 9.93. The Labute approximate surface area is 284 Å². The average molecular weight is 762 g/mol. The normalized spacial score (nSPS) is 19.0. The number of amides is 1. The van der Waals surface area contributed by atoms with Crippen molar-refractivity contribution in [3.63, 3.8) is 0 Å². The molecule has 1 saturated heterocycles. The number of carbonyl (C=O) groups is 1. The van der Waals surface area contributed by atoms with E-state index in [0.717, 1.165) is 28.8 Å². The third-order valence-electron chi connectivity index (χ3n) is 8.17. The number of benzene rings is 3. The van der Waals surface area contributed by atoms with Gasteiger partial charge >= 0.3 is 0 Å². The van der Waals surface area contributed by atoms with E-state index in [1.165, 1.54) is 29.1 Å². The molecule has 1 N–H and O–H groups in total. The highest BCUT2D eigenvalue weighted by Crippen LogP contribution is 2.33. The third-order valence-corrected chi connectivity index (χ3v) is 10.8. The van der Waals surface area contributed by atoms with Crippen molar-refractivity contribution in [2.75, 3.05) is 59.6 Å². The number of rotatable bonds is 13. The number of allylic oxidation sites excluding steroid dienone is 1. The summed E-state index contributed by atoms with van der Waals surface area (Å²) in [7, 11) is -2.38. The zero-order valence-electron chi connectivity index (χ0n) is 25.8. The minimum Gasteiger partial charge on any atom is -0.497 e. The number of ether oxygens (including phenoxy) is 3. The van der Waals surface area contributed by atoms with Crippen LogP contribution in [0.4, 0.5) is 0 Å². The van der Waals surface area contributed by atoms with E-state index in [0.29, 0.717) is 25.3 Å². The van der Waals surface area contributed by atoms with Gasteiger partial charge in [0.2, 0.25) is 16.3 Å². The van der Waals surface area contributed by atoms with E-state index in [-0.39, 0.29) is 48.8 Å². The number of halogens is 1. The van der Waals surface area contributed by atoms with Gasteiger partial charge < -0.3 is 24.2 Å². The van der Waals surface area contributed by atoms with Crippen molar-refractivity contribution in [3.8, 4) is 5.75 Å². The molecule has 0 saturated carbocycles. The Hall–Kier alpha value is -3.01. The molecule has 2 aliphatic heterocycles. The molecule has 2 aliphatic rings. The quantitative estimate of drug-likeness (QED) is 0.260. The minimum absolute atomic E-state index is 0.000646. The van der Waals surface area contributed by atoms with Gasteiger partial charge in [0.1, 0.15) is 5.75 Å².